The van der Waals surface area contributed by atoms with E-state index < -0.39 is 47.3 Å². The topological polar surface area (TPSA) is 77.3 Å². The van der Waals surface area contributed by atoms with Gasteiger partial charge >= 0.3 is 0 Å². The largest absolute Gasteiger partial charge is 0.477 e. The number of nitrogens with one attached hydrogen (secondary N) is 1. The van der Waals surface area contributed by atoms with Crippen molar-refractivity contribution in [3.8, 4) is 17.0 Å². The Morgan fingerprint density at radius 3 is 2.14 bits per heavy atom. The van der Waals surface area contributed by atoms with Gasteiger partial charge in [0.2, 0.25) is 34.9 Å². The summed E-state index contributed by atoms with van der Waals surface area (Å²) < 4.78 is 75.3. The Bertz CT molecular complexity index is 1010. The van der Waals surface area contributed by atoms with Crippen LogP contribution in [0.3, 0.4) is 0 Å². The molecule has 0 aliphatic heterocycles. The van der Waals surface area contributed by atoms with E-state index in [1.54, 1.807) is 24.3 Å². The number of hydrogen-bond acceptors (Lipinski definition) is 5. The molecule has 0 fully saturated rings. The number of benzene rings is 2. The second-order valence-corrected chi connectivity index (χ2v) is 5.56. The van der Waals surface area contributed by atoms with Crippen LogP contribution in [0.4, 0.5) is 27.8 Å². The molecule has 1 heterocycles. The first-order valence-electron chi connectivity index (χ1n) is 7.63. The van der Waals surface area contributed by atoms with Crippen molar-refractivity contribution >= 4 is 11.7 Å². The summed E-state index contributed by atoms with van der Waals surface area (Å²) in [5.74, 6) is -13.7. The molecule has 0 saturated heterocycles. The van der Waals surface area contributed by atoms with Crippen molar-refractivity contribution in [2.45, 2.75) is 6.92 Å². The molecule has 2 aromatic carbocycles. The van der Waals surface area contributed by atoms with Gasteiger partial charge in [-0.1, -0.05) is 29.8 Å². The normalized spacial score (nSPS) is 10.8. The third kappa shape index (κ3) is 3.63. The Morgan fingerprint density at radius 2 is 1.54 bits per heavy atom. The number of halogens is 5. The van der Waals surface area contributed by atoms with E-state index in [2.05, 4.69) is 25.0 Å². The molecule has 0 saturated carbocycles. The van der Waals surface area contributed by atoms with Crippen LogP contribution in [0.5, 0.6) is 5.75 Å². The molecule has 0 aliphatic carbocycles. The fourth-order valence-electron chi connectivity index (χ4n) is 2.19. The van der Waals surface area contributed by atoms with Gasteiger partial charge in [0.25, 0.3) is 5.91 Å². The number of ether oxygens (including phenoxy) is 1. The number of aryl methyl sites for hydroxylation is 1. The van der Waals surface area contributed by atoms with Gasteiger partial charge in [-0.25, -0.2) is 17.8 Å². The number of hydrogen-bond donors (Lipinski definition) is 1. The summed E-state index contributed by atoms with van der Waals surface area (Å²) in [4.78, 5) is 11.9. The number of amides is 1. The first-order chi connectivity index (χ1) is 13.3. The molecule has 1 N–H and O–H groups in total. The van der Waals surface area contributed by atoms with E-state index in [9.17, 15) is 26.7 Å². The highest BCUT2D eigenvalue weighted by atomic mass is 19.2. The average Bonchev–Trinajstić information content (AvgIpc) is 3.13. The van der Waals surface area contributed by atoms with Crippen LogP contribution < -0.4 is 10.1 Å². The minimum absolute atomic E-state index is 0.116. The van der Waals surface area contributed by atoms with Crippen molar-refractivity contribution in [1.82, 2.24) is 10.3 Å². The van der Waals surface area contributed by atoms with Gasteiger partial charge in [0.1, 0.15) is 0 Å². The molecule has 146 valence electrons. The second kappa shape index (κ2) is 7.62. The van der Waals surface area contributed by atoms with Gasteiger partial charge in [0.05, 0.1) is 0 Å². The summed E-state index contributed by atoms with van der Waals surface area (Å²) in [6, 6.07) is 6.94. The summed E-state index contributed by atoms with van der Waals surface area (Å²) in [5, 5.41) is 9.36. The lowest BCUT2D eigenvalue weighted by Crippen LogP contribution is -2.22. The van der Waals surface area contributed by atoms with Crippen molar-refractivity contribution in [2.75, 3.05) is 11.9 Å². The maximum absolute atomic E-state index is 13.5. The number of carbonyl (C=O) groups is 1. The summed E-state index contributed by atoms with van der Waals surface area (Å²) in [7, 11) is 0. The lowest BCUT2D eigenvalue weighted by Gasteiger charge is -2.10. The fourth-order valence-corrected chi connectivity index (χ4v) is 2.19. The molecule has 6 nitrogen and oxygen atoms in total. The smallest absolute Gasteiger partial charge is 0.263 e. The van der Waals surface area contributed by atoms with Crippen molar-refractivity contribution in [3.05, 3.63) is 58.9 Å². The number of carbonyl (C=O) groups excluding carboxylic acids is 1. The lowest BCUT2D eigenvalue weighted by molar-refractivity contribution is -0.118. The van der Waals surface area contributed by atoms with Gasteiger partial charge in [-0.3, -0.25) is 4.79 Å². The molecule has 3 rings (SSSR count). The van der Waals surface area contributed by atoms with Gasteiger partial charge in [-0.15, -0.1) is 0 Å². The van der Waals surface area contributed by atoms with E-state index in [0.717, 1.165) is 5.56 Å². The summed E-state index contributed by atoms with van der Waals surface area (Å²) in [5.41, 5.74) is 1.70. The number of anilines is 1. The first kappa shape index (κ1) is 19.3. The third-order valence-corrected chi connectivity index (χ3v) is 3.59. The van der Waals surface area contributed by atoms with Gasteiger partial charge in [0, 0.05) is 5.56 Å². The molecule has 1 amide bonds. The Balaban J connectivity index is 1.73. The standard InChI is InChI=1S/C17H10F5N3O3/c1-7-2-4-8(5-3-7)15-17(25-28-24-15)23-9(26)6-27-16-13(21)11(19)10(18)12(20)14(16)22/h2-5H,6H2,1H3,(H,23,25,26). The summed E-state index contributed by atoms with van der Waals surface area (Å²) in [6.07, 6.45) is 0. The Morgan fingerprint density at radius 1 is 0.964 bits per heavy atom. The van der Waals surface area contributed by atoms with Crippen LogP contribution in [0.1, 0.15) is 5.56 Å². The van der Waals surface area contributed by atoms with E-state index in [4.69, 9.17) is 0 Å². The zero-order chi connectivity index (χ0) is 20.4. The number of aromatic nitrogens is 2. The lowest BCUT2D eigenvalue weighted by atomic mass is 10.1. The van der Waals surface area contributed by atoms with Crippen LogP contribution in [0, 0.1) is 36.0 Å². The Hall–Kier alpha value is -3.50. The van der Waals surface area contributed by atoms with Crippen LogP contribution >= 0.6 is 0 Å². The predicted octanol–water partition coefficient (Wildman–Crippen LogP) is 3.76. The SMILES string of the molecule is Cc1ccc(-c2nonc2NC(=O)COc2c(F)c(F)c(F)c(F)c2F)cc1. The molecule has 3 aromatic rings. The van der Waals surface area contributed by atoms with Crippen LogP contribution in [0.25, 0.3) is 11.3 Å². The fraction of sp³-hybridized carbons (Fsp3) is 0.118. The Kier molecular flexibility index (Phi) is 5.25. The van der Waals surface area contributed by atoms with Crippen molar-refractivity contribution in [3.63, 3.8) is 0 Å². The van der Waals surface area contributed by atoms with Gasteiger partial charge < -0.3 is 10.1 Å². The van der Waals surface area contributed by atoms with E-state index in [1.165, 1.54) is 0 Å². The molecule has 0 radical (unpaired) electrons. The molecule has 0 unspecified atom stereocenters. The molecular weight excluding hydrogens is 389 g/mol. The molecule has 28 heavy (non-hydrogen) atoms. The van der Waals surface area contributed by atoms with Crippen molar-refractivity contribution in [2.24, 2.45) is 0 Å². The van der Waals surface area contributed by atoms with Gasteiger partial charge in [0.15, 0.2) is 18.1 Å². The van der Waals surface area contributed by atoms with E-state index in [-0.39, 0.29) is 11.5 Å². The highest BCUT2D eigenvalue weighted by Crippen LogP contribution is 2.29. The zero-order valence-corrected chi connectivity index (χ0v) is 14.0. The average molecular weight is 399 g/mol. The van der Waals surface area contributed by atoms with E-state index in [1.807, 2.05) is 6.92 Å². The predicted molar refractivity (Wildman–Crippen MR) is 84.8 cm³/mol. The highest BCUT2D eigenvalue weighted by molar-refractivity contribution is 5.94. The minimum atomic E-state index is -2.33. The van der Waals surface area contributed by atoms with Gasteiger partial charge in [-0.2, -0.15) is 8.78 Å². The molecule has 0 bridgehead atoms. The second-order valence-electron chi connectivity index (χ2n) is 5.56. The van der Waals surface area contributed by atoms with Crippen LogP contribution in [-0.2, 0) is 4.79 Å². The van der Waals surface area contributed by atoms with E-state index in [0.29, 0.717) is 5.56 Å². The highest BCUT2D eigenvalue weighted by Gasteiger charge is 2.27. The zero-order valence-electron chi connectivity index (χ0n) is 14.0. The van der Waals surface area contributed by atoms with E-state index >= 15 is 0 Å². The summed E-state index contributed by atoms with van der Waals surface area (Å²) in [6.45, 7) is 0.808. The third-order valence-electron chi connectivity index (χ3n) is 3.59. The Labute approximate surface area is 153 Å². The van der Waals surface area contributed by atoms with Crippen LogP contribution in [0.15, 0.2) is 28.9 Å². The number of nitrogens with zero attached hydrogens (tertiary/aromatic N) is 2. The minimum Gasteiger partial charge on any atom is -0.477 e. The molecule has 0 atom stereocenters. The molecular formula is C17H10F5N3O3. The monoisotopic (exact) mass is 399 g/mol. The quantitative estimate of drug-likeness (QED) is 0.402. The van der Waals surface area contributed by atoms with Crippen LogP contribution in [0.2, 0.25) is 0 Å². The molecule has 0 spiro atoms. The first-order valence-corrected chi connectivity index (χ1v) is 7.63. The number of rotatable bonds is 5. The molecule has 1 aromatic heterocycles. The maximum Gasteiger partial charge on any atom is 0.263 e. The van der Waals surface area contributed by atoms with Crippen molar-refractivity contribution in [1.29, 1.82) is 0 Å². The molecule has 0 aliphatic rings. The van der Waals surface area contributed by atoms with Gasteiger partial charge in [-0.05, 0) is 17.2 Å². The molecule has 11 heteroatoms. The van der Waals surface area contributed by atoms with Crippen LogP contribution in [-0.4, -0.2) is 22.8 Å². The maximum atomic E-state index is 13.5. The summed E-state index contributed by atoms with van der Waals surface area (Å²) >= 11 is 0. The van der Waals surface area contributed by atoms with Crippen molar-refractivity contribution < 1.29 is 36.1 Å².